The largest absolute Gasteiger partial charge is 0.463 e. The van der Waals surface area contributed by atoms with Crippen LogP contribution in [0.3, 0.4) is 0 Å². The van der Waals surface area contributed by atoms with Gasteiger partial charge in [0.15, 0.2) is 35.4 Å². The summed E-state index contributed by atoms with van der Waals surface area (Å²) in [5.41, 5.74) is 3.36. The second kappa shape index (κ2) is 13.0. The number of imidazole rings is 1. The Hall–Kier alpha value is -6.36. The molecule has 17 heteroatoms. The molecule has 0 radical (unpaired) electrons. The first-order valence-corrected chi connectivity index (χ1v) is 15.1. The van der Waals surface area contributed by atoms with E-state index in [0.717, 1.165) is 11.1 Å². The van der Waals surface area contributed by atoms with Gasteiger partial charge in [-0.1, -0.05) is 71.1 Å². The Morgan fingerprint density at radius 1 is 0.755 bits per heavy atom. The molecule has 0 spiro atoms. The van der Waals surface area contributed by atoms with Gasteiger partial charge in [-0.15, -0.1) is 10.2 Å². The molecule has 0 aliphatic carbocycles. The van der Waals surface area contributed by atoms with Gasteiger partial charge >= 0.3 is 17.9 Å². The molecule has 6 aromatic rings. The van der Waals surface area contributed by atoms with Crippen LogP contribution < -0.4 is 0 Å². The highest BCUT2D eigenvalue weighted by Gasteiger charge is 2.51. The second-order valence-electron chi connectivity index (χ2n) is 11.0. The lowest BCUT2D eigenvalue weighted by Crippen LogP contribution is -2.40. The topological polar surface area (TPSA) is 193 Å². The number of rotatable bonds is 9. The minimum Gasteiger partial charge on any atom is -0.463 e. The number of benzene rings is 2. The van der Waals surface area contributed by atoms with Gasteiger partial charge in [-0.05, 0) is 0 Å². The van der Waals surface area contributed by atoms with E-state index in [4.69, 9.17) is 28.9 Å². The number of carbonyl (C=O) groups excluding carboxylic acids is 3. The van der Waals surface area contributed by atoms with Gasteiger partial charge in [0.1, 0.15) is 24.1 Å². The van der Waals surface area contributed by atoms with Crippen molar-refractivity contribution in [2.45, 2.75) is 45.3 Å². The maximum Gasteiger partial charge on any atom is 0.303 e. The zero-order valence-corrected chi connectivity index (χ0v) is 26.4. The molecule has 1 aliphatic rings. The molecular formula is C32H28N10O7. The number of ether oxygens (including phenoxy) is 4. The number of nitrogens with zero attached hydrogens (tertiary/aromatic N) is 10. The minimum atomic E-state index is -1.17. The van der Waals surface area contributed by atoms with E-state index in [9.17, 15) is 14.4 Å². The summed E-state index contributed by atoms with van der Waals surface area (Å²) in [5, 5.41) is 17.3. The van der Waals surface area contributed by atoms with E-state index in [2.05, 4.69) is 25.6 Å². The Balaban J connectivity index is 1.37. The van der Waals surface area contributed by atoms with Gasteiger partial charge in [0.25, 0.3) is 5.95 Å². The summed E-state index contributed by atoms with van der Waals surface area (Å²) in [7, 11) is 0. The molecule has 0 N–H and O–H groups in total. The first-order chi connectivity index (χ1) is 23.7. The maximum atomic E-state index is 12.3. The summed E-state index contributed by atoms with van der Waals surface area (Å²) < 4.78 is 27.0. The van der Waals surface area contributed by atoms with E-state index in [1.807, 2.05) is 60.7 Å². The Morgan fingerprint density at radius 3 is 1.96 bits per heavy atom. The molecule has 49 heavy (non-hydrogen) atoms. The molecule has 2 aromatic carbocycles. The fourth-order valence-electron chi connectivity index (χ4n) is 5.47. The summed E-state index contributed by atoms with van der Waals surface area (Å²) in [5.74, 6) is -1.53. The standard InChI is InChI=1S/C32H28N10O7/c1-18(43)46-16-25-27(47-19(2)44)28(48-20(3)45)31(49-25)40-17-33-26-29(40)34-32(42-15-24(37-39-42)22-12-8-5-9-13-22)35-30(26)41-14-23(36-38-41)21-10-6-4-7-11-21/h4-15,17,25,27-28,31H,16H2,1-3H3/t25-,27-,28-,31-/m1/s1. The van der Waals surface area contributed by atoms with E-state index in [1.165, 1.54) is 41.0 Å². The molecule has 0 bridgehead atoms. The van der Waals surface area contributed by atoms with Crippen LogP contribution in [0, 0.1) is 0 Å². The number of aromatic nitrogens is 10. The molecule has 7 rings (SSSR count). The lowest BCUT2D eigenvalue weighted by Gasteiger charge is -2.23. The van der Waals surface area contributed by atoms with Crippen molar-refractivity contribution in [2.75, 3.05) is 6.61 Å². The highest BCUT2D eigenvalue weighted by molar-refractivity contribution is 5.80. The Morgan fingerprint density at radius 2 is 1.35 bits per heavy atom. The molecule has 17 nitrogen and oxygen atoms in total. The van der Waals surface area contributed by atoms with E-state index in [0.29, 0.717) is 11.4 Å². The number of hydrogen-bond acceptors (Lipinski definition) is 14. The van der Waals surface area contributed by atoms with Crippen LogP contribution in [0.5, 0.6) is 0 Å². The number of fused-ring (bicyclic) bond motifs is 1. The quantitative estimate of drug-likeness (QED) is 0.162. The van der Waals surface area contributed by atoms with Crippen LogP contribution in [0.1, 0.15) is 27.0 Å². The Labute approximate surface area is 277 Å². The average molecular weight is 665 g/mol. The zero-order valence-electron chi connectivity index (χ0n) is 26.4. The smallest absolute Gasteiger partial charge is 0.303 e. The van der Waals surface area contributed by atoms with Crippen molar-refractivity contribution in [3.8, 4) is 34.3 Å². The first kappa shape index (κ1) is 31.3. The molecule has 0 amide bonds. The number of hydrogen-bond donors (Lipinski definition) is 0. The zero-order chi connectivity index (χ0) is 34.1. The molecule has 4 aromatic heterocycles. The third kappa shape index (κ3) is 6.33. The van der Waals surface area contributed by atoms with Crippen LogP contribution in [0.2, 0.25) is 0 Å². The minimum absolute atomic E-state index is 0.103. The van der Waals surface area contributed by atoms with Crippen LogP contribution >= 0.6 is 0 Å². The van der Waals surface area contributed by atoms with E-state index in [-0.39, 0.29) is 29.5 Å². The molecule has 5 heterocycles. The van der Waals surface area contributed by atoms with Gasteiger partial charge in [0, 0.05) is 31.9 Å². The van der Waals surface area contributed by atoms with E-state index in [1.54, 1.807) is 12.4 Å². The van der Waals surface area contributed by atoms with Gasteiger partial charge < -0.3 is 18.9 Å². The Bertz CT molecular complexity index is 2150. The van der Waals surface area contributed by atoms with Gasteiger partial charge in [0.05, 0.1) is 18.7 Å². The highest BCUT2D eigenvalue weighted by Crippen LogP contribution is 2.36. The third-order valence-corrected chi connectivity index (χ3v) is 7.55. The van der Waals surface area contributed by atoms with Crippen molar-refractivity contribution in [3.05, 3.63) is 79.4 Å². The fraction of sp³-hybridized carbons (Fsp3) is 0.250. The van der Waals surface area contributed by atoms with Crippen LogP contribution in [-0.2, 0) is 33.3 Å². The van der Waals surface area contributed by atoms with Crippen molar-refractivity contribution in [1.82, 2.24) is 49.5 Å². The van der Waals surface area contributed by atoms with Crippen LogP contribution in [0.4, 0.5) is 0 Å². The number of esters is 3. The van der Waals surface area contributed by atoms with Crippen LogP contribution in [0.25, 0.3) is 45.4 Å². The predicted octanol–water partition coefficient (Wildman–Crippen LogP) is 2.65. The summed E-state index contributed by atoms with van der Waals surface area (Å²) in [6.45, 7) is 3.39. The van der Waals surface area contributed by atoms with Crippen LogP contribution in [-0.4, -0.2) is 92.3 Å². The summed E-state index contributed by atoms with van der Waals surface area (Å²) in [6, 6.07) is 19.0. The predicted molar refractivity (Wildman–Crippen MR) is 168 cm³/mol. The van der Waals surface area contributed by atoms with Gasteiger partial charge in [-0.3, -0.25) is 19.0 Å². The molecule has 0 saturated carbocycles. The van der Waals surface area contributed by atoms with Crippen molar-refractivity contribution in [3.63, 3.8) is 0 Å². The summed E-state index contributed by atoms with van der Waals surface area (Å²) >= 11 is 0. The van der Waals surface area contributed by atoms with Gasteiger partial charge in [-0.2, -0.15) is 19.3 Å². The third-order valence-electron chi connectivity index (χ3n) is 7.55. The van der Waals surface area contributed by atoms with E-state index >= 15 is 0 Å². The monoisotopic (exact) mass is 664 g/mol. The van der Waals surface area contributed by atoms with Gasteiger partial charge in [0.2, 0.25) is 0 Å². The lowest BCUT2D eigenvalue weighted by atomic mass is 10.1. The summed E-state index contributed by atoms with van der Waals surface area (Å²) in [6.07, 6.45) is 0.393. The van der Waals surface area contributed by atoms with Crippen molar-refractivity contribution < 1.29 is 33.3 Å². The average Bonchev–Trinajstić information content (AvgIpc) is 3.91. The number of carbonyl (C=O) groups is 3. The second-order valence-corrected chi connectivity index (χ2v) is 11.0. The van der Waals surface area contributed by atoms with Crippen molar-refractivity contribution in [2.24, 2.45) is 0 Å². The molecule has 4 atom stereocenters. The SMILES string of the molecule is CC(=O)OC[C@H]1O[C@@H](n2cnc3c(-n4cc(-c5ccccc5)nn4)nc(-n4cc(-c5ccccc5)nn4)nc32)[C@H](OC(C)=O)[C@@H]1OC(C)=O. The highest BCUT2D eigenvalue weighted by atomic mass is 16.7. The van der Waals surface area contributed by atoms with E-state index < -0.39 is 42.4 Å². The molecule has 1 saturated heterocycles. The molecule has 0 unspecified atom stereocenters. The van der Waals surface area contributed by atoms with Crippen molar-refractivity contribution in [1.29, 1.82) is 0 Å². The lowest BCUT2D eigenvalue weighted by molar-refractivity contribution is -0.166. The maximum absolute atomic E-state index is 12.3. The molecule has 1 aliphatic heterocycles. The molecule has 1 fully saturated rings. The normalized spacial score (nSPS) is 18.8. The fourth-order valence-corrected chi connectivity index (χ4v) is 5.47. The Kier molecular flexibility index (Phi) is 8.31. The van der Waals surface area contributed by atoms with Gasteiger partial charge in [-0.25, -0.2) is 4.98 Å². The molecular weight excluding hydrogens is 636 g/mol. The van der Waals surface area contributed by atoms with Crippen molar-refractivity contribution >= 4 is 29.1 Å². The summed E-state index contributed by atoms with van der Waals surface area (Å²) in [4.78, 5) is 50.3. The molecule has 248 valence electrons. The van der Waals surface area contributed by atoms with Crippen LogP contribution in [0.15, 0.2) is 79.4 Å². The first-order valence-electron chi connectivity index (χ1n) is 15.1.